The van der Waals surface area contributed by atoms with Gasteiger partial charge in [0, 0.05) is 3.57 Å². The van der Waals surface area contributed by atoms with Crippen molar-refractivity contribution in [3.63, 3.8) is 0 Å². The second-order valence-corrected chi connectivity index (χ2v) is 7.08. The van der Waals surface area contributed by atoms with E-state index in [1.165, 1.54) is 25.7 Å². The summed E-state index contributed by atoms with van der Waals surface area (Å²) in [6.45, 7) is 4.83. The summed E-state index contributed by atoms with van der Waals surface area (Å²) in [5.41, 5.74) is 3.22. The van der Waals surface area contributed by atoms with Crippen LogP contribution in [0.3, 0.4) is 0 Å². The topological polar surface area (TPSA) is 0 Å². The molecule has 2 fully saturated rings. The predicted molar refractivity (Wildman–Crippen MR) is 81.4 cm³/mol. The first kappa shape index (κ1) is 12.0. The molecule has 3 rings (SSSR count). The fourth-order valence-electron chi connectivity index (χ4n) is 2.97. The lowest BCUT2D eigenvalue weighted by Crippen LogP contribution is -2.05. The van der Waals surface area contributed by atoms with Gasteiger partial charge in [-0.3, -0.25) is 0 Å². The molecule has 1 aromatic carbocycles. The molecule has 0 nitrogen and oxygen atoms in total. The minimum Gasteiger partial charge on any atom is -0.0616 e. The van der Waals surface area contributed by atoms with Crippen molar-refractivity contribution in [3.05, 3.63) is 32.9 Å². The van der Waals surface area contributed by atoms with E-state index in [9.17, 15) is 0 Å². The van der Waals surface area contributed by atoms with Gasteiger partial charge in [0.1, 0.15) is 0 Å². The molecule has 0 bridgehead atoms. The Labute approximate surface area is 118 Å². The number of rotatable bonds is 4. The highest BCUT2D eigenvalue weighted by Crippen LogP contribution is 2.47. The summed E-state index contributed by atoms with van der Waals surface area (Å²) >= 11 is 2.59. The largest absolute Gasteiger partial charge is 0.0616 e. The molecule has 0 spiro atoms. The molecule has 92 valence electrons. The third-order valence-electron chi connectivity index (χ3n) is 4.70. The van der Waals surface area contributed by atoms with Crippen molar-refractivity contribution in [2.75, 3.05) is 0 Å². The molecule has 0 heterocycles. The van der Waals surface area contributed by atoms with Gasteiger partial charge in [0.25, 0.3) is 0 Å². The summed E-state index contributed by atoms with van der Waals surface area (Å²) in [6, 6.07) is 6.99. The van der Waals surface area contributed by atoms with Gasteiger partial charge in [-0.15, -0.1) is 0 Å². The SMILES string of the molecule is C[C@@H](c1cccc([C@H](C)C2CC2)c1I)C1CC1. The fraction of sp³-hybridized carbons (Fsp3) is 0.625. The normalized spacial score (nSPS) is 23.5. The first-order valence-electron chi connectivity index (χ1n) is 6.96. The first-order chi connectivity index (χ1) is 8.18. The minimum atomic E-state index is 0.772. The minimum absolute atomic E-state index is 0.772. The highest BCUT2D eigenvalue weighted by molar-refractivity contribution is 14.1. The lowest BCUT2D eigenvalue weighted by Gasteiger charge is -2.19. The Balaban J connectivity index is 1.91. The predicted octanol–water partition coefficient (Wildman–Crippen LogP) is 5.32. The average Bonchev–Trinajstić information content (AvgIpc) is 3.20. The van der Waals surface area contributed by atoms with Crippen LogP contribution in [0.15, 0.2) is 18.2 Å². The van der Waals surface area contributed by atoms with Crippen LogP contribution in [0, 0.1) is 15.4 Å². The van der Waals surface area contributed by atoms with Crippen molar-refractivity contribution in [2.45, 2.75) is 51.4 Å². The van der Waals surface area contributed by atoms with Crippen molar-refractivity contribution in [1.29, 1.82) is 0 Å². The zero-order chi connectivity index (χ0) is 12.0. The highest BCUT2D eigenvalue weighted by Gasteiger charge is 2.33. The molecule has 2 aliphatic carbocycles. The second kappa shape index (κ2) is 4.56. The number of hydrogen-bond donors (Lipinski definition) is 0. The molecule has 17 heavy (non-hydrogen) atoms. The van der Waals surface area contributed by atoms with Crippen LogP contribution in [0.5, 0.6) is 0 Å². The third-order valence-corrected chi connectivity index (χ3v) is 5.94. The van der Waals surface area contributed by atoms with E-state index >= 15 is 0 Å². The van der Waals surface area contributed by atoms with Crippen LogP contribution >= 0.6 is 22.6 Å². The summed E-state index contributed by atoms with van der Waals surface area (Å²) in [7, 11) is 0. The van der Waals surface area contributed by atoms with Gasteiger partial charge in [0.2, 0.25) is 0 Å². The summed E-state index contributed by atoms with van der Waals surface area (Å²) < 4.78 is 1.56. The molecule has 1 aromatic rings. The summed E-state index contributed by atoms with van der Waals surface area (Å²) in [4.78, 5) is 0. The van der Waals surface area contributed by atoms with Crippen molar-refractivity contribution in [3.8, 4) is 0 Å². The molecule has 0 amide bonds. The van der Waals surface area contributed by atoms with Crippen LogP contribution in [-0.2, 0) is 0 Å². The van der Waals surface area contributed by atoms with Gasteiger partial charge in [-0.05, 0) is 83.1 Å². The molecule has 0 radical (unpaired) electrons. The van der Waals surface area contributed by atoms with Gasteiger partial charge in [0.15, 0.2) is 0 Å². The lowest BCUT2D eigenvalue weighted by atomic mass is 9.90. The van der Waals surface area contributed by atoms with E-state index in [0.717, 1.165) is 23.7 Å². The quantitative estimate of drug-likeness (QED) is 0.651. The molecule has 1 heteroatoms. The Bertz CT molecular complexity index is 379. The molecule has 0 N–H and O–H groups in total. The fourth-order valence-corrected chi connectivity index (χ4v) is 4.31. The Morgan fingerprint density at radius 2 is 1.35 bits per heavy atom. The van der Waals surface area contributed by atoms with E-state index in [-0.39, 0.29) is 0 Å². The van der Waals surface area contributed by atoms with E-state index in [0.29, 0.717) is 0 Å². The maximum Gasteiger partial charge on any atom is 0.0200 e. The van der Waals surface area contributed by atoms with Gasteiger partial charge in [-0.1, -0.05) is 32.0 Å². The van der Waals surface area contributed by atoms with Gasteiger partial charge in [0.05, 0.1) is 0 Å². The third kappa shape index (κ3) is 2.40. The van der Waals surface area contributed by atoms with Gasteiger partial charge in [-0.25, -0.2) is 0 Å². The Morgan fingerprint density at radius 3 is 1.71 bits per heavy atom. The molecule has 2 atom stereocenters. The zero-order valence-electron chi connectivity index (χ0n) is 10.7. The van der Waals surface area contributed by atoms with Crippen LogP contribution in [-0.4, -0.2) is 0 Å². The molecule has 0 saturated heterocycles. The standard InChI is InChI=1S/C16H21I/c1-10(12-6-7-12)14-4-3-5-15(16(14)17)11(2)13-8-9-13/h3-5,10-13H,6-9H2,1-2H3/t10-,11-/m1/s1. The van der Waals surface area contributed by atoms with Gasteiger partial charge >= 0.3 is 0 Å². The Morgan fingerprint density at radius 1 is 0.941 bits per heavy atom. The second-order valence-electron chi connectivity index (χ2n) is 6.00. The molecule has 0 aromatic heterocycles. The number of benzene rings is 1. The first-order valence-corrected chi connectivity index (χ1v) is 8.04. The molecule has 2 saturated carbocycles. The van der Waals surface area contributed by atoms with Crippen molar-refractivity contribution < 1.29 is 0 Å². The maximum atomic E-state index is 2.59. The number of hydrogen-bond acceptors (Lipinski definition) is 0. The van der Waals surface area contributed by atoms with E-state index in [2.05, 4.69) is 54.6 Å². The van der Waals surface area contributed by atoms with Crippen LogP contribution in [0.4, 0.5) is 0 Å². The van der Waals surface area contributed by atoms with E-state index < -0.39 is 0 Å². The molecular formula is C16H21I. The summed E-state index contributed by atoms with van der Waals surface area (Å²) in [5, 5.41) is 0. The summed E-state index contributed by atoms with van der Waals surface area (Å²) in [6.07, 6.45) is 5.78. The molecule has 0 unspecified atom stereocenters. The monoisotopic (exact) mass is 340 g/mol. The molecular weight excluding hydrogens is 319 g/mol. The highest BCUT2D eigenvalue weighted by atomic mass is 127. The van der Waals surface area contributed by atoms with Gasteiger partial charge < -0.3 is 0 Å². The molecule has 2 aliphatic rings. The lowest BCUT2D eigenvalue weighted by molar-refractivity contribution is 0.639. The van der Waals surface area contributed by atoms with E-state index in [1.54, 1.807) is 14.7 Å². The van der Waals surface area contributed by atoms with Crippen LogP contribution in [0.2, 0.25) is 0 Å². The average molecular weight is 340 g/mol. The van der Waals surface area contributed by atoms with Crippen molar-refractivity contribution in [2.24, 2.45) is 11.8 Å². The van der Waals surface area contributed by atoms with E-state index in [1.807, 2.05) is 0 Å². The smallest absolute Gasteiger partial charge is 0.0200 e. The number of halogens is 1. The van der Waals surface area contributed by atoms with Crippen LogP contribution < -0.4 is 0 Å². The zero-order valence-corrected chi connectivity index (χ0v) is 12.9. The Kier molecular flexibility index (Phi) is 3.22. The van der Waals surface area contributed by atoms with Gasteiger partial charge in [-0.2, -0.15) is 0 Å². The van der Waals surface area contributed by atoms with Crippen molar-refractivity contribution in [1.82, 2.24) is 0 Å². The molecule has 0 aliphatic heterocycles. The van der Waals surface area contributed by atoms with Crippen molar-refractivity contribution >= 4 is 22.6 Å². The Hall–Kier alpha value is -0.0500. The van der Waals surface area contributed by atoms with Crippen LogP contribution in [0.25, 0.3) is 0 Å². The summed E-state index contributed by atoms with van der Waals surface area (Å²) in [5.74, 6) is 3.48. The van der Waals surface area contributed by atoms with Crippen LogP contribution in [0.1, 0.15) is 62.5 Å². The maximum absolute atomic E-state index is 2.59. The van der Waals surface area contributed by atoms with E-state index in [4.69, 9.17) is 0 Å².